The third-order valence-electron chi connectivity index (χ3n) is 25.9. The number of aromatic nitrogens is 6. The number of aromatic amines is 4. The van der Waals surface area contributed by atoms with Gasteiger partial charge in [0.2, 0.25) is 21.9 Å². The highest BCUT2D eigenvalue weighted by Crippen LogP contribution is 2.46. The molecule has 2 saturated heterocycles. The molecule has 11 heterocycles. The number of alkyl halides is 1. The van der Waals surface area contributed by atoms with Crippen molar-refractivity contribution in [1.29, 1.82) is 0 Å². The molecular formula is C106H102Cl6FN15O15S. The van der Waals surface area contributed by atoms with Crippen molar-refractivity contribution < 1.29 is 74.7 Å². The number of hydrogen-bond acceptors (Lipinski definition) is 20. The summed E-state index contributed by atoms with van der Waals surface area (Å²) >= 11 is 37.0. The molecule has 144 heavy (non-hydrogen) atoms. The van der Waals surface area contributed by atoms with Crippen molar-refractivity contribution in [1.82, 2.24) is 63.6 Å². The summed E-state index contributed by atoms with van der Waals surface area (Å²) in [5, 5.41) is 10.9. The Morgan fingerprint density at radius 1 is 0.438 bits per heavy atom. The molecule has 0 radical (unpaired) electrons. The van der Waals surface area contributed by atoms with Crippen LogP contribution in [0.4, 0.5) is 35.2 Å². The van der Waals surface area contributed by atoms with Gasteiger partial charge in [-0.1, -0.05) is 106 Å². The molecule has 30 nitrogen and oxygen atoms in total. The second-order valence-corrected chi connectivity index (χ2v) is 39.9. The third-order valence-corrected chi connectivity index (χ3v) is 29.3. The van der Waals surface area contributed by atoms with Crippen molar-refractivity contribution in [3.8, 4) is 28.7 Å². The Morgan fingerprint density at radius 2 is 0.785 bits per heavy atom. The first-order valence-corrected chi connectivity index (χ1v) is 50.6. The topological polar surface area (TPSA) is 343 Å². The second kappa shape index (κ2) is 45.4. The number of H-pyrrole nitrogens is 4. The zero-order valence-corrected chi connectivity index (χ0v) is 83.9. The number of methoxy groups -OCH3 is 1. The normalized spacial score (nSPS) is 16.8. The average molecular weight is 2090 g/mol. The van der Waals surface area contributed by atoms with Crippen LogP contribution in [0, 0.1) is 0 Å². The van der Waals surface area contributed by atoms with Crippen LogP contribution >= 0.6 is 69.6 Å². The number of fused-ring (bicyclic) bond motifs is 12. The number of nitrogens with two attached hydrogens (primary N) is 1. The number of morpholine rings is 2. The van der Waals surface area contributed by atoms with E-state index in [1.54, 1.807) is 136 Å². The number of nitrogen functional groups attached to an aromatic ring is 1. The molecule has 6 aliphatic rings. The minimum atomic E-state index is -3.66. The molecule has 0 aliphatic carbocycles. The number of halogens is 7. The van der Waals surface area contributed by atoms with Crippen molar-refractivity contribution >= 4 is 165 Å². The number of amides is 5. The summed E-state index contributed by atoms with van der Waals surface area (Å²) in [6, 6.07) is 63.3. The van der Waals surface area contributed by atoms with Crippen molar-refractivity contribution in [2.24, 2.45) is 0 Å². The highest BCUT2D eigenvalue weighted by atomic mass is 35.5. The molecule has 38 heteroatoms. The van der Waals surface area contributed by atoms with Crippen molar-refractivity contribution in [2.75, 3.05) is 144 Å². The molecule has 0 spiro atoms. The fraction of sp³-hybridized carbons (Fsp3) is 0.274. The predicted molar refractivity (Wildman–Crippen MR) is 553 cm³/mol. The lowest BCUT2D eigenvalue weighted by atomic mass is 9.92. The van der Waals surface area contributed by atoms with Crippen LogP contribution in [-0.4, -0.2) is 235 Å². The molecule has 6 aliphatic heterocycles. The zero-order chi connectivity index (χ0) is 100. The van der Waals surface area contributed by atoms with Crippen LogP contribution in [0.5, 0.6) is 28.7 Å². The lowest BCUT2D eigenvalue weighted by Gasteiger charge is -2.35. The van der Waals surface area contributed by atoms with E-state index < -0.39 is 59.2 Å². The van der Waals surface area contributed by atoms with E-state index in [-0.39, 0.29) is 29.4 Å². The molecule has 4 atom stereocenters. The van der Waals surface area contributed by atoms with Gasteiger partial charge in [0.25, 0.3) is 0 Å². The van der Waals surface area contributed by atoms with Crippen molar-refractivity contribution in [2.45, 2.75) is 61.2 Å². The molecule has 2 fully saturated rings. The van der Waals surface area contributed by atoms with Gasteiger partial charge in [-0.05, 0) is 267 Å². The van der Waals surface area contributed by atoms with E-state index in [0.717, 1.165) is 143 Å². The van der Waals surface area contributed by atoms with Gasteiger partial charge in [0, 0.05) is 179 Å². The SMILES string of the molecule is CN(C)CCCOc1ccc(C2c3[nH]c4ccc(Cl)cc4c3CCN2C(=O)OCCF)cc1.COc1ccc(OC(=O)N2CCc3c([nH]c4ccc(Cl)cc34)C2c2ccc(S(=O)(=O)N3CCOCC3)cc2)cc1.Nc1ncc(C2c3[nH]c4ccc(Cl)cc4c3CCN2C(=O)Oc2ccc(Cl)cc2)cn1.O=C(CN1CCOCC1)Nc1ccc(C2c3[nH]c4ccc(Cl)cc4c3CCN2C(=O)Oc2ccc(Cl)cc2)cc1. The second-order valence-electron chi connectivity index (χ2n) is 35.3. The molecule has 7 N–H and O–H groups in total. The van der Waals surface area contributed by atoms with E-state index in [2.05, 4.69) is 45.0 Å². The van der Waals surface area contributed by atoms with Gasteiger partial charge in [-0.25, -0.2) is 42.0 Å². The Hall–Kier alpha value is -13.2. The summed E-state index contributed by atoms with van der Waals surface area (Å²) in [6.45, 7) is 6.88. The number of ether oxygens (including phenoxy) is 8. The van der Waals surface area contributed by atoms with Crippen LogP contribution in [0.3, 0.4) is 0 Å². The van der Waals surface area contributed by atoms with Gasteiger partial charge in [-0.3, -0.25) is 29.3 Å². The fourth-order valence-electron chi connectivity index (χ4n) is 19.0. The predicted octanol–water partition coefficient (Wildman–Crippen LogP) is 21.1. The molecule has 5 aromatic heterocycles. The third kappa shape index (κ3) is 23.1. The molecule has 746 valence electrons. The molecule has 15 aromatic rings. The Kier molecular flexibility index (Phi) is 31.8. The van der Waals surface area contributed by atoms with E-state index in [4.69, 9.17) is 113 Å². The number of anilines is 2. The van der Waals surface area contributed by atoms with Crippen LogP contribution in [0.15, 0.2) is 236 Å². The van der Waals surface area contributed by atoms with Crippen molar-refractivity contribution in [3.05, 3.63) is 328 Å². The van der Waals surface area contributed by atoms with Crippen LogP contribution in [0.25, 0.3) is 43.6 Å². The lowest BCUT2D eigenvalue weighted by Crippen LogP contribution is -2.42. The number of hydrogen-bond donors (Lipinski definition) is 6. The standard InChI is InChI=1S/C30H28Cl2N4O4.C29H28ClN3O6S.C25H29ClFN3O3.C22H17Cl2N5O2/c31-20-3-8-23(9-4-20)40-30(38)36-12-11-24-25-17-21(32)5-10-26(25)34-28(24)29(36)19-1-6-22(7-2-19)33-27(37)18-35-13-15-39-16-14-35;1-37-21-5-7-22(8-6-21)39-29(34)33-13-12-24-25-18-20(30)4-11-26(25)31-27(24)28(33)19-2-9-23(10-3-19)40(35,36)32-14-16-38-17-15-32;1-29(2)12-3-14-32-19-7-4-17(5-8-19)24-23-20(10-13-30(24)25(31)33-15-11-27)21-16-18(26)6-9-22(21)28-23;23-13-1-4-15(5-2-13)31-22(30)29-8-7-16-17-9-14(24)3-6-18(17)28-19(16)20(29)12-10-26-21(25)27-11-12/h1-10,17,29,34H,11-16,18H2,(H,33,37);2-11,18,28,31H,12-17H2,1H3;4-9,16,24,28H,3,10-15H2,1-2H3;1-6,9-11,20,28H,7-8H2,(H2,25,26,27). The molecular weight excluding hydrogens is 1990 g/mol. The lowest BCUT2D eigenvalue weighted by molar-refractivity contribution is -0.118. The minimum absolute atomic E-state index is 0.0738. The zero-order valence-electron chi connectivity index (χ0n) is 78.6. The first-order chi connectivity index (χ1) is 69.8. The molecule has 21 rings (SSSR count). The smallest absolute Gasteiger partial charge is 0.416 e. The molecule has 0 bridgehead atoms. The van der Waals surface area contributed by atoms with E-state index in [1.165, 1.54) is 4.31 Å². The highest BCUT2D eigenvalue weighted by Gasteiger charge is 2.42. The van der Waals surface area contributed by atoms with Crippen LogP contribution < -0.4 is 34.7 Å². The Labute approximate surface area is 859 Å². The number of benzene rings is 10. The quantitative estimate of drug-likeness (QED) is 0.0386. The first-order valence-electron chi connectivity index (χ1n) is 46.9. The molecule has 4 unspecified atom stereocenters. The number of sulfonamides is 1. The van der Waals surface area contributed by atoms with Crippen LogP contribution in [-0.2, 0) is 54.7 Å². The Morgan fingerprint density at radius 3 is 1.17 bits per heavy atom. The van der Waals surface area contributed by atoms with Crippen LogP contribution in [0.2, 0.25) is 30.1 Å². The largest absolute Gasteiger partial charge is 0.497 e. The summed E-state index contributed by atoms with van der Waals surface area (Å²) in [5.74, 6) is 2.75. The van der Waals surface area contributed by atoms with Gasteiger partial charge in [-0.2, -0.15) is 4.31 Å². The van der Waals surface area contributed by atoms with Gasteiger partial charge in [-0.15, -0.1) is 0 Å². The number of nitrogens with zero attached hydrogens (tertiary/aromatic N) is 9. The number of rotatable bonds is 20. The Bertz CT molecular complexity index is 7260. The van der Waals surface area contributed by atoms with Gasteiger partial charge < -0.3 is 73.8 Å². The van der Waals surface area contributed by atoms with E-state index >= 15 is 0 Å². The molecule has 10 aromatic carbocycles. The first kappa shape index (κ1) is 101. The minimum Gasteiger partial charge on any atom is -0.497 e. The summed E-state index contributed by atoms with van der Waals surface area (Å²) in [7, 11) is 1.99. The summed E-state index contributed by atoms with van der Waals surface area (Å²) in [5.41, 5.74) is 21.4. The summed E-state index contributed by atoms with van der Waals surface area (Å²) in [4.78, 5) is 98.8. The summed E-state index contributed by atoms with van der Waals surface area (Å²) < 4.78 is 84.5. The van der Waals surface area contributed by atoms with Gasteiger partial charge >= 0.3 is 24.4 Å². The molecule has 0 saturated carbocycles. The van der Waals surface area contributed by atoms with Gasteiger partial charge in [0.15, 0.2) is 0 Å². The van der Waals surface area contributed by atoms with E-state index in [1.807, 2.05) is 135 Å². The number of carbonyl (C=O) groups excluding carboxylic acids is 5. The van der Waals surface area contributed by atoms with Gasteiger partial charge in [0.1, 0.15) is 66.2 Å². The fourth-order valence-corrected chi connectivity index (χ4v) is 21.4. The average Bonchev–Trinajstić information content (AvgIpc) is 1.60. The monoisotopic (exact) mass is 2090 g/mol. The maximum atomic E-state index is 13.5. The number of carbonyl (C=O) groups is 5. The van der Waals surface area contributed by atoms with E-state index in [0.29, 0.717) is 163 Å². The number of nitrogens with one attached hydrogen (secondary N) is 5. The highest BCUT2D eigenvalue weighted by molar-refractivity contribution is 7.89. The molecule has 5 amide bonds. The maximum absolute atomic E-state index is 13.5. The Balaban J connectivity index is 0.000000127. The van der Waals surface area contributed by atoms with Crippen molar-refractivity contribution in [3.63, 3.8) is 0 Å². The summed E-state index contributed by atoms with van der Waals surface area (Å²) in [6.07, 6.45) is 4.78. The van der Waals surface area contributed by atoms with E-state index in [9.17, 15) is 36.8 Å². The maximum Gasteiger partial charge on any atom is 0.416 e. The van der Waals surface area contributed by atoms with Gasteiger partial charge in [0.05, 0.1) is 51.6 Å². The van der Waals surface area contributed by atoms with Crippen LogP contribution in [0.1, 0.15) is 97.9 Å².